The van der Waals surface area contributed by atoms with Crippen LogP contribution < -0.4 is 10.5 Å². The van der Waals surface area contributed by atoms with E-state index in [-0.39, 0.29) is 17.6 Å². The largest absolute Gasteiger partial charge is 0.497 e. The molecule has 0 heterocycles. The zero-order chi connectivity index (χ0) is 12.8. The van der Waals surface area contributed by atoms with Crippen molar-refractivity contribution in [1.82, 2.24) is 0 Å². The van der Waals surface area contributed by atoms with E-state index in [9.17, 15) is 8.60 Å². The van der Waals surface area contributed by atoms with E-state index >= 15 is 0 Å². The topological polar surface area (TPSA) is 52.3 Å². The molecule has 0 radical (unpaired) electrons. The van der Waals surface area contributed by atoms with Crippen molar-refractivity contribution in [2.45, 2.75) is 25.1 Å². The van der Waals surface area contributed by atoms with E-state index in [2.05, 4.69) is 0 Å². The molecule has 0 aliphatic rings. The smallest absolute Gasteiger partial charge is 0.131 e. The van der Waals surface area contributed by atoms with Gasteiger partial charge in [0.1, 0.15) is 11.6 Å². The molecule has 0 saturated carbocycles. The predicted molar refractivity (Wildman–Crippen MR) is 67.9 cm³/mol. The van der Waals surface area contributed by atoms with Crippen LogP contribution in [0.3, 0.4) is 0 Å². The summed E-state index contributed by atoms with van der Waals surface area (Å²) in [6, 6.07) is 4.47. The molecule has 0 bridgehead atoms. The van der Waals surface area contributed by atoms with Crippen LogP contribution in [0.25, 0.3) is 0 Å². The summed E-state index contributed by atoms with van der Waals surface area (Å²) in [4.78, 5) is 0. The molecule has 1 aromatic rings. The number of hydrogen-bond acceptors (Lipinski definition) is 3. The van der Waals surface area contributed by atoms with Crippen molar-refractivity contribution in [2.75, 3.05) is 12.9 Å². The molecule has 3 nitrogen and oxygen atoms in total. The molecular weight excluding hydrogens is 241 g/mol. The Kier molecular flexibility index (Phi) is 5.58. The summed E-state index contributed by atoms with van der Waals surface area (Å²) >= 11 is 0. The standard InChI is InChI=1S/C12H18FNO2S/c1-3-10(14)8-17(15)7-9-4-5-11(16-2)6-12(9)13/h4-6,10H,3,7-8,14H2,1-2H3. The Hall–Kier alpha value is -0.940. The molecule has 2 unspecified atom stereocenters. The second-order valence-electron chi connectivity index (χ2n) is 3.88. The molecule has 0 saturated heterocycles. The molecule has 0 fully saturated rings. The summed E-state index contributed by atoms with van der Waals surface area (Å²) in [6.07, 6.45) is 0.775. The van der Waals surface area contributed by atoms with Gasteiger partial charge in [0, 0.05) is 34.2 Å². The normalized spacial score (nSPS) is 14.4. The zero-order valence-electron chi connectivity index (χ0n) is 10.1. The first-order valence-corrected chi connectivity index (χ1v) is 6.98. The Morgan fingerprint density at radius 1 is 1.53 bits per heavy atom. The summed E-state index contributed by atoms with van der Waals surface area (Å²) in [6.45, 7) is 1.94. The average molecular weight is 259 g/mol. The molecule has 0 amide bonds. The summed E-state index contributed by atoms with van der Waals surface area (Å²) in [5.74, 6) is 0.677. The van der Waals surface area contributed by atoms with Gasteiger partial charge >= 0.3 is 0 Å². The quantitative estimate of drug-likeness (QED) is 0.848. The highest BCUT2D eigenvalue weighted by atomic mass is 32.2. The SMILES string of the molecule is CCC(N)CS(=O)Cc1ccc(OC)cc1F. The Morgan fingerprint density at radius 2 is 2.24 bits per heavy atom. The Labute approximate surface area is 104 Å². The van der Waals surface area contributed by atoms with Crippen molar-refractivity contribution in [2.24, 2.45) is 5.73 Å². The second kappa shape index (κ2) is 6.71. The fourth-order valence-corrected chi connectivity index (χ4v) is 2.77. The van der Waals surface area contributed by atoms with Crippen molar-refractivity contribution < 1.29 is 13.3 Å². The molecule has 0 aliphatic heterocycles. The van der Waals surface area contributed by atoms with Crippen LogP contribution in [0.15, 0.2) is 18.2 Å². The minimum Gasteiger partial charge on any atom is -0.497 e. The first-order valence-electron chi connectivity index (χ1n) is 5.49. The van der Waals surface area contributed by atoms with Gasteiger partial charge in [-0.25, -0.2) is 4.39 Å². The Bertz CT molecular complexity index is 398. The van der Waals surface area contributed by atoms with E-state index in [0.717, 1.165) is 6.42 Å². The van der Waals surface area contributed by atoms with E-state index < -0.39 is 10.8 Å². The number of halogens is 1. The van der Waals surface area contributed by atoms with Crippen LogP contribution >= 0.6 is 0 Å². The molecule has 1 aromatic carbocycles. The van der Waals surface area contributed by atoms with Gasteiger partial charge in [-0.1, -0.05) is 13.0 Å². The van der Waals surface area contributed by atoms with E-state index in [0.29, 0.717) is 17.1 Å². The lowest BCUT2D eigenvalue weighted by Gasteiger charge is -2.09. The fraction of sp³-hybridized carbons (Fsp3) is 0.500. The Balaban J connectivity index is 2.65. The monoisotopic (exact) mass is 259 g/mol. The molecule has 0 spiro atoms. The van der Waals surface area contributed by atoms with E-state index in [1.807, 2.05) is 6.92 Å². The van der Waals surface area contributed by atoms with Gasteiger partial charge < -0.3 is 10.5 Å². The van der Waals surface area contributed by atoms with E-state index in [1.165, 1.54) is 13.2 Å². The number of benzene rings is 1. The lowest BCUT2D eigenvalue weighted by Crippen LogP contribution is -2.26. The van der Waals surface area contributed by atoms with Crippen LogP contribution in [-0.4, -0.2) is 23.1 Å². The van der Waals surface area contributed by atoms with Gasteiger partial charge in [0.05, 0.1) is 12.9 Å². The maximum Gasteiger partial charge on any atom is 0.131 e. The molecule has 2 N–H and O–H groups in total. The van der Waals surface area contributed by atoms with Crippen LogP contribution in [0.5, 0.6) is 5.75 Å². The first-order chi connectivity index (χ1) is 8.06. The van der Waals surface area contributed by atoms with Crippen LogP contribution in [-0.2, 0) is 16.6 Å². The van der Waals surface area contributed by atoms with Crippen molar-refractivity contribution in [3.63, 3.8) is 0 Å². The summed E-state index contributed by atoms with van der Waals surface area (Å²) in [5.41, 5.74) is 6.14. The van der Waals surface area contributed by atoms with Crippen LogP contribution in [0, 0.1) is 5.82 Å². The highest BCUT2D eigenvalue weighted by Gasteiger charge is 2.10. The molecule has 0 aliphatic carbocycles. The van der Waals surface area contributed by atoms with Crippen molar-refractivity contribution in [3.8, 4) is 5.75 Å². The van der Waals surface area contributed by atoms with E-state index in [4.69, 9.17) is 10.5 Å². The summed E-state index contributed by atoms with van der Waals surface area (Å²) < 4.78 is 30.2. The highest BCUT2D eigenvalue weighted by Crippen LogP contribution is 2.17. The molecule has 96 valence electrons. The third-order valence-electron chi connectivity index (χ3n) is 2.50. The molecule has 5 heteroatoms. The summed E-state index contributed by atoms with van der Waals surface area (Å²) in [5, 5.41) is 0. The van der Waals surface area contributed by atoms with Crippen LogP contribution in [0.1, 0.15) is 18.9 Å². The highest BCUT2D eigenvalue weighted by molar-refractivity contribution is 7.84. The van der Waals surface area contributed by atoms with Crippen molar-refractivity contribution in [1.29, 1.82) is 0 Å². The van der Waals surface area contributed by atoms with Crippen molar-refractivity contribution >= 4 is 10.8 Å². The minimum atomic E-state index is -1.13. The maximum absolute atomic E-state index is 13.6. The molecule has 1 rings (SSSR count). The van der Waals surface area contributed by atoms with Gasteiger partial charge in [-0.05, 0) is 12.5 Å². The molecule has 2 atom stereocenters. The molecular formula is C12H18FNO2S. The molecule has 0 aromatic heterocycles. The number of methoxy groups -OCH3 is 1. The molecule has 17 heavy (non-hydrogen) atoms. The number of hydrogen-bond donors (Lipinski definition) is 1. The van der Waals surface area contributed by atoms with Gasteiger partial charge in [-0.3, -0.25) is 4.21 Å². The van der Waals surface area contributed by atoms with Crippen LogP contribution in [0.2, 0.25) is 0 Å². The van der Waals surface area contributed by atoms with Gasteiger partial charge in [0.15, 0.2) is 0 Å². The maximum atomic E-state index is 13.6. The lowest BCUT2D eigenvalue weighted by atomic mass is 10.2. The van der Waals surface area contributed by atoms with Gasteiger partial charge in [0.25, 0.3) is 0 Å². The van der Waals surface area contributed by atoms with Gasteiger partial charge in [-0.2, -0.15) is 0 Å². The number of nitrogens with two attached hydrogens (primary N) is 1. The van der Waals surface area contributed by atoms with Crippen molar-refractivity contribution in [3.05, 3.63) is 29.6 Å². The first kappa shape index (κ1) is 14.1. The van der Waals surface area contributed by atoms with Gasteiger partial charge in [0.2, 0.25) is 0 Å². The summed E-state index contributed by atoms with van der Waals surface area (Å²) in [7, 11) is 0.353. The van der Waals surface area contributed by atoms with Crippen LogP contribution in [0.4, 0.5) is 4.39 Å². The van der Waals surface area contributed by atoms with E-state index in [1.54, 1.807) is 12.1 Å². The third kappa shape index (κ3) is 4.44. The zero-order valence-corrected chi connectivity index (χ0v) is 10.9. The fourth-order valence-electron chi connectivity index (χ4n) is 1.36. The average Bonchev–Trinajstić information content (AvgIpc) is 2.31. The second-order valence-corrected chi connectivity index (χ2v) is 5.38. The predicted octanol–water partition coefficient (Wildman–Crippen LogP) is 1.82. The number of rotatable bonds is 6. The number of ether oxygens (including phenoxy) is 1. The third-order valence-corrected chi connectivity index (χ3v) is 3.93. The van der Waals surface area contributed by atoms with Gasteiger partial charge in [-0.15, -0.1) is 0 Å². The minimum absolute atomic E-state index is 0.0860. The lowest BCUT2D eigenvalue weighted by molar-refractivity contribution is 0.411. The Morgan fingerprint density at radius 3 is 2.76 bits per heavy atom.